The third-order valence-corrected chi connectivity index (χ3v) is 3.60. The van der Waals surface area contributed by atoms with E-state index in [0.29, 0.717) is 11.0 Å². The van der Waals surface area contributed by atoms with Crippen molar-refractivity contribution >= 4 is 23.0 Å². The zero-order valence-corrected chi connectivity index (χ0v) is 10.8. The van der Waals surface area contributed by atoms with E-state index >= 15 is 0 Å². The summed E-state index contributed by atoms with van der Waals surface area (Å²) in [4.78, 5) is 2.70. The van der Waals surface area contributed by atoms with E-state index in [1.165, 1.54) is 19.3 Å². The standard InChI is InChI=1S/C11H18N4S/c1-7-9(10(12)16)11(15(3)13-7)14(2)8-5-4-6-8/h8H,4-6H2,1-3H3,(H2,12,16). The van der Waals surface area contributed by atoms with Crippen molar-refractivity contribution < 1.29 is 0 Å². The molecule has 0 aromatic carbocycles. The summed E-state index contributed by atoms with van der Waals surface area (Å²) >= 11 is 5.11. The van der Waals surface area contributed by atoms with Gasteiger partial charge in [0.25, 0.3) is 0 Å². The van der Waals surface area contributed by atoms with E-state index in [-0.39, 0.29) is 0 Å². The Morgan fingerprint density at radius 3 is 2.62 bits per heavy atom. The van der Waals surface area contributed by atoms with Crippen LogP contribution in [-0.4, -0.2) is 27.9 Å². The zero-order valence-electron chi connectivity index (χ0n) is 10.0. The van der Waals surface area contributed by atoms with Crippen LogP contribution in [0, 0.1) is 6.92 Å². The van der Waals surface area contributed by atoms with E-state index in [1.54, 1.807) is 0 Å². The molecule has 0 spiro atoms. The topological polar surface area (TPSA) is 47.1 Å². The Bertz CT molecular complexity index is 420. The molecule has 16 heavy (non-hydrogen) atoms. The molecule has 4 nitrogen and oxygen atoms in total. The first-order chi connectivity index (χ1) is 7.52. The van der Waals surface area contributed by atoms with Crippen LogP contribution in [0.1, 0.15) is 30.5 Å². The fourth-order valence-electron chi connectivity index (χ4n) is 2.29. The molecular formula is C11H18N4S. The summed E-state index contributed by atoms with van der Waals surface area (Å²) in [6, 6.07) is 0.614. The molecule has 1 aromatic rings. The van der Waals surface area contributed by atoms with Gasteiger partial charge in [0, 0.05) is 20.1 Å². The van der Waals surface area contributed by atoms with Crippen LogP contribution in [0.5, 0.6) is 0 Å². The van der Waals surface area contributed by atoms with Crippen molar-refractivity contribution in [2.24, 2.45) is 12.8 Å². The zero-order chi connectivity index (χ0) is 11.9. The molecule has 0 atom stereocenters. The van der Waals surface area contributed by atoms with Gasteiger partial charge in [0.05, 0.1) is 11.3 Å². The Hall–Kier alpha value is -1.10. The minimum atomic E-state index is 0.437. The van der Waals surface area contributed by atoms with Gasteiger partial charge in [0.1, 0.15) is 10.8 Å². The van der Waals surface area contributed by atoms with Crippen LogP contribution < -0.4 is 10.6 Å². The SMILES string of the molecule is Cc1nn(C)c(N(C)C2CCC2)c1C(N)=S. The summed E-state index contributed by atoms with van der Waals surface area (Å²) in [7, 11) is 4.04. The van der Waals surface area contributed by atoms with Gasteiger partial charge in [0.15, 0.2) is 0 Å². The lowest BCUT2D eigenvalue weighted by molar-refractivity contribution is 0.396. The number of anilines is 1. The van der Waals surface area contributed by atoms with E-state index in [1.807, 2.05) is 18.7 Å². The van der Waals surface area contributed by atoms with Crippen LogP contribution >= 0.6 is 12.2 Å². The van der Waals surface area contributed by atoms with Gasteiger partial charge in [-0.05, 0) is 26.2 Å². The fourth-order valence-corrected chi connectivity index (χ4v) is 2.53. The third-order valence-electron chi connectivity index (χ3n) is 3.39. The quantitative estimate of drug-likeness (QED) is 0.808. The lowest BCUT2D eigenvalue weighted by atomic mass is 9.91. The van der Waals surface area contributed by atoms with E-state index in [2.05, 4.69) is 17.0 Å². The molecular weight excluding hydrogens is 220 g/mol. The van der Waals surface area contributed by atoms with Gasteiger partial charge in [-0.2, -0.15) is 5.10 Å². The molecule has 0 unspecified atom stereocenters. The molecule has 1 aromatic heterocycles. The Morgan fingerprint density at radius 2 is 2.19 bits per heavy atom. The molecule has 0 bridgehead atoms. The van der Waals surface area contributed by atoms with Crippen molar-refractivity contribution in [3.05, 3.63) is 11.3 Å². The fraction of sp³-hybridized carbons (Fsp3) is 0.636. The number of rotatable bonds is 3. The monoisotopic (exact) mass is 238 g/mol. The van der Waals surface area contributed by atoms with Gasteiger partial charge in [-0.25, -0.2) is 0 Å². The Morgan fingerprint density at radius 1 is 1.56 bits per heavy atom. The molecule has 2 rings (SSSR count). The second-order valence-corrected chi connectivity index (χ2v) is 4.91. The maximum atomic E-state index is 5.78. The highest BCUT2D eigenvalue weighted by molar-refractivity contribution is 7.80. The van der Waals surface area contributed by atoms with Gasteiger partial charge in [-0.1, -0.05) is 12.2 Å². The predicted molar refractivity (Wildman–Crippen MR) is 69.9 cm³/mol. The molecule has 1 saturated carbocycles. The van der Waals surface area contributed by atoms with Crippen molar-refractivity contribution in [1.82, 2.24) is 9.78 Å². The maximum absolute atomic E-state index is 5.78. The van der Waals surface area contributed by atoms with Crippen molar-refractivity contribution in [2.75, 3.05) is 11.9 Å². The average Bonchev–Trinajstić information content (AvgIpc) is 2.37. The molecule has 1 aliphatic rings. The highest BCUT2D eigenvalue weighted by Gasteiger charge is 2.27. The molecule has 0 aliphatic heterocycles. The molecule has 1 heterocycles. The van der Waals surface area contributed by atoms with Gasteiger partial charge >= 0.3 is 0 Å². The first-order valence-corrected chi connectivity index (χ1v) is 5.99. The van der Waals surface area contributed by atoms with Crippen LogP contribution in [0.15, 0.2) is 0 Å². The summed E-state index contributed by atoms with van der Waals surface area (Å²) in [6.45, 7) is 1.95. The normalized spacial score (nSPS) is 15.9. The number of aryl methyl sites for hydroxylation is 2. The number of hydrogen-bond donors (Lipinski definition) is 1. The smallest absolute Gasteiger partial charge is 0.137 e. The van der Waals surface area contributed by atoms with Gasteiger partial charge < -0.3 is 10.6 Å². The second kappa shape index (κ2) is 4.05. The molecule has 1 aliphatic carbocycles. The maximum Gasteiger partial charge on any atom is 0.137 e. The van der Waals surface area contributed by atoms with Crippen molar-refractivity contribution in [3.8, 4) is 0 Å². The molecule has 0 saturated heterocycles. The summed E-state index contributed by atoms with van der Waals surface area (Å²) < 4.78 is 1.88. The Balaban J connectivity index is 2.41. The summed E-state index contributed by atoms with van der Waals surface area (Å²) in [5.41, 5.74) is 7.61. The van der Waals surface area contributed by atoms with Gasteiger partial charge in [-0.15, -0.1) is 0 Å². The Kier molecular flexibility index (Phi) is 2.88. The third kappa shape index (κ3) is 1.69. The summed E-state index contributed by atoms with van der Waals surface area (Å²) in [5.74, 6) is 1.05. The first kappa shape index (κ1) is 11.4. The van der Waals surface area contributed by atoms with Crippen molar-refractivity contribution in [1.29, 1.82) is 0 Å². The van der Waals surface area contributed by atoms with Crippen molar-refractivity contribution in [3.63, 3.8) is 0 Å². The van der Waals surface area contributed by atoms with E-state index < -0.39 is 0 Å². The Labute approximate surface area is 101 Å². The average molecular weight is 238 g/mol. The van der Waals surface area contributed by atoms with E-state index in [9.17, 15) is 0 Å². The number of nitrogens with zero attached hydrogens (tertiary/aromatic N) is 3. The van der Waals surface area contributed by atoms with Crippen LogP contribution in [-0.2, 0) is 7.05 Å². The lowest BCUT2D eigenvalue weighted by Gasteiger charge is -2.36. The number of aromatic nitrogens is 2. The van der Waals surface area contributed by atoms with Gasteiger partial charge in [0.2, 0.25) is 0 Å². The molecule has 0 radical (unpaired) electrons. The lowest BCUT2D eigenvalue weighted by Crippen LogP contribution is -2.39. The minimum Gasteiger partial charge on any atom is -0.389 e. The predicted octanol–water partition coefficient (Wildman–Crippen LogP) is 1.35. The van der Waals surface area contributed by atoms with E-state index in [0.717, 1.165) is 17.1 Å². The molecule has 88 valence electrons. The molecule has 2 N–H and O–H groups in total. The van der Waals surface area contributed by atoms with Crippen LogP contribution in [0.3, 0.4) is 0 Å². The number of thiocarbonyl (C=S) groups is 1. The number of nitrogens with two attached hydrogens (primary N) is 1. The molecule has 0 amide bonds. The number of hydrogen-bond acceptors (Lipinski definition) is 3. The summed E-state index contributed by atoms with van der Waals surface area (Å²) in [6.07, 6.45) is 3.81. The second-order valence-electron chi connectivity index (χ2n) is 4.47. The largest absolute Gasteiger partial charge is 0.389 e. The highest BCUT2D eigenvalue weighted by Crippen LogP contribution is 2.31. The van der Waals surface area contributed by atoms with E-state index in [4.69, 9.17) is 18.0 Å². The van der Waals surface area contributed by atoms with Crippen LogP contribution in [0.2, 0.25) is 0 Å². The van der Waals surface area contributed by atoms with Gasteiger partial charge in [-0.3, -0.25) is 4.68 Å². The highest BCUT2D eigenvalue weighted by atomic mass is 32.1. The minimum absolute atomic E-state index is 0.437. The van der Waals surface area contributed by atoms with Crippen molar-refractivity contribution in [2.45, 2.75) is 32.2 Å². The molecule has 1 fully saturated rings. The molecule has 5 heteroatoms. The first-order valence-electron chi connectivity index (χ1n) is 5.58. The van der Waals surface area contributed by atoms with Crippen LogP contribution in [0.25, 0.3) is 0 Å². The van der Waals surface area contributed by atoms with Crippen LogP contribution in [0.4, 0.5) is 5.82 Å². The summed E-state index contributed by atoms with van der Waals surface area (Å²) in [5, 5.41) is 4.40.